The minimum atomic E-state index is -0.467. The Labute approximate surface area is 150 Å². The van der Waals surface area contributed by atoms with Crippen LogP contribution in [0.25, 0.3) is 0 Å². The molecule has 0 unspecified atom stereocenters. The van der Waals surface area contributed by atoms with Gasteiger partial charge in [-0.15, -0.1) is 0 Å². The molecular formula is C20H18FN3O2. The number of nitrogens with zero attached hydrogens (tertiary/aromatic N) is 1. The molecule has 0 spiro atoms. The minimum Gasteiger partial charge on any atom is -0.329 e. The van der Waals surface area contributed by atoms with E-state index in [0.717, 1.165) is 16.7 Å². The average Bonchev–Trinajstić information content (AvgIpc) is 2.92. The molecule has 2 aliphatic heterocycles. The second kappa shape index (κ2) is 6.29. The number of urea groups is 1. The van der Waals surface area contributed by atoms with Gasteiger partial charge in [0.05, 0.1) is 23.9 Å². The first-order valence-electron chi connectivity index (χ1n) is 8.43. The third-order valence-corrected chi connectivity index (χ3v) is 4.81. The van der Waals surface area contributed by atoms with Gasteiger partial charge in [0.15, 0.2) is 0 Å². The highest BCUT2D eigenvalue weighted by atomic mass is 19.1. The molecule has 0 fully saturated rings. The molecule has 0 aromatic heterocycles. The lowest BCUT2D eigenvalue weighted by molar-refractivity contribution is -0.126. The summed E-state index contributed by atoms with van der Waals surface area (Å²) in [6.07, 6.45) is 0. The van der Waals surface area contributed by atoms with E-state index in [2.05, 4.69) is 10.6 Å². The average molecular weight is 351 g/mol. The van der Waals surface area contributed by atoms with Crippen LogP contribution >= 0.6 is 0 Å². The molecule has 2 N–H and O–H groups in total. The Kier molecular flexibility index (Phi) is 3.95. The highest BCUT2D eigenvalue weighted by Gasteiger charge is 2.40. The van der Waals surface area contributed by atoms with Gasteiger partial charge in [0, 0.05) is 6.54 Å². The number of halogens is 1. The van der Waals surface area contributed by atoms with Crippen molar-refractivity contribution in [2.75, 3.05) is 6.54 Å². The summed E-state index contributed by atoms with van der Waals surface area (Å²) in [7, 11) is 0. The Morgan fingerprint density at radius 3 is 2.58 bits per heavy atom. The standard InChI is InChI=1S/C20H18FN3O2/c1-12-4-2-3-5-15(12)18-17-16(22-20(26)23-18)11-24(19(17)25)10-13-6-8-14(21)9-7-13/h2-9,18H,10-11H2,1H3,(H2,22,23,26)/t18-/m1/s1. The fourth-order valence-electron chi connectivity index (χ4n) is 3.51. The zero-order valence-electron chi connectivity index (χ0n) is 14.3. The predicted molar refractivity (Wildman–Crippen MR) is 94.4 cm³/mol. The summed E-state index contributed by atoms with van der Waals surface area (Å²) in [5.41, 5.74) is 3.96. The predicted octanol–water partition coefficient (Wildman–Crippen LogP) is 2.78. The third kappa shape index (κ3) is 2.83. The normalized spacial score (nSPS) is 19.3. The van der Waals surface area contributed by atoms with Crippen molar-refractivity contribution < 1.29 is 14.0 Å². The van der Waals surface area contributed by atoms with Crippen LogP contribution in [-0.2, 0) is 11.3 Å². The van der Waals surface area contributed by atoms with Gasteiger partial charge in [-0.05, 0) is 35.7 Å². The number of carbonyl (C=O) groups is 2. The molecule has 0 radical (unpaired) electrons. The van der Waals surface area contributed by atoms with Crippen molar-refractivity contribution in [3.63, 3.8) is 0 Å². The van der Waals surface area contributed by atoms with Gasteiger partial charge in [-0.25, -0.2) is 9.18 Å². The van der Waals surface area contributed by atoms with Crippen molar-refractivity contribution in [1.29, 1.82) is 0 Å². The molecule has 0 bridgehead atoms. The molecule has 5 nitrogen and oxygen atoms in total. The van der Waals surface area contributed by atoms with Gasteiger partial charge >= 0.3 is 6.03 Å². The van der Waals surface area contributed by atoms with Gasteiger partial charge in [0.2, 0.25) is 0 Å². The Hall–Kier alpha value is -3.15. The molecule has 3 amide bonds. The first-order chi connectivity index (χ1) is 12.5. The molecule has 2 heterocycles. The number of aryl methyl sites for hydroxylation is 1. The van der Waals surface area contributed by atoms with Gasteiger partial charge in [0.1, 0.15) is 5.82 Å². The van der Waals surface area contributed by atoms with Crippen LogP contribution in [-0.4, -0.2) is 23.4 Å². The summed E-state index contributed by atoms with van der Waals surface area (Å²) in [5, 5.41) is 5.62. The van der Waals surface area contributed by atoms with E-state index >= 15 is 0 Å². The lowest BCUT2D eigenvalue weighted by Crippen LogP contribution is -2.44. The fraction of sp³-hybridized carbons (Fsp3) is 0.200. The summed E-state index contributed by atoms with van der Waals surface area (Å²) < 4.78 is 13.1. The summed E-state index contributed by atoms with van der Waals surface area (Å²) in [4.78, 5) is 26.8. The second-order valence-corrected chi connectivity index (χ2v) is 6.57. The van der Waals surface area contributed by atoms with Crippen LogP contribution in [0.1, 0.15) is 22.7 Å². The third-order valence-electron chi connectivity index (χ3n) is 4.81. The summed E-state index contributed by atoms with van der Waals surface area (Å²) in [6.45, 7) is 2.66. The smallest absolute Gasteiger partial charge is 0.319 e. The molecule has 132 valence electrons. The monoisotopic (exact) mass is 351 g/mol. The minimum absolute atomic E-state index is 0.120. The van der Waals surface area contributed by atoms with Gasteiger partial charge in [-0.2, -0.15) is 0 Å². The molecule has 0 aliphatic carbocycles. The molecule has 6 heteroatoms. The van der Waals surface area contributed by atoms with Crippen molar-refractivity contribution in [2.45, 2.75) is 19.5 Å². The van der Waals surface area contributed by atoms with E-state index in [9.17, 15) is 14.0 Å². The number of carbonyl (C=O) groups excluding carboxylic acids is 2. The number of benzene rings is 2. The van der Waals surface area contributed by atoms with Crippen LogP contribution in [0.15, 0.2) is 59.8 Å². The fourth-order valence-corrected chi connectivity index (χ4v) is 3.51. The van der Waals surface area contributed by atoms with Crippen LogP contribution < -0.4 is 10.6 Å². The molecule has 1 atom stereocenters. The molecule has 26 heavy (non-hydrogen) atoms. The first kappa shape index (κ1) is 16.3. The Bertz CT molecular complexity index is 921. The van der Waals surface area contributed by atoms with Crippen molar-refractivity contribution in [2.24, 2.45) is 0 Å². The van der Waals surface area contributed by atoms with E-state index < -0.39 is 6.04 Å². The SMILES string of the molecule is Cc1ccccc1[C@H]1NC(=O)NC2=C1C(=O)N(Cc1ccc(F)cc1)C2. The molecule has 2 aliphatic rings. The van der Waals surface area contributed by atoms with Crippen LogP contribution in [0.4, 0.5) is 9.18 Å². The van der Waals surface area contributed by atoms with Crippen LogP contribution in [0.3, 0.4) is 0 Å². The van der Waals surface area contributed by atoms with Crippen LogP contribution in [0, 0.1) is 12.7 Å². The maximum atomic E-state index is 13.1. The van der Waals surface area contributed by atoms with E-state index in [-0.39, 0.29) is 17.8 Å². The summed E-state index contributed by atoms with van der Waals surface area (Å²) >= 11 is 0. The highest BCUT2D eigenvalue weighted by molar-refractivity contribution is 6.01. The number of nitrogens with one attached hydrogen (secondary N) is 2. The van der Waals surface area contributed by atoms with Crippen LogP contribution in [0.2, 0.25) is 0 Å². The van der Waals surface area contributed by atoms with Crippen molar-refractivity contribution in [3.8, 4) is 0 Å². The van der Waals surface area contributed by atoms with Crippen molar-refractivity contribution in [3.05, 3.63) is 82.3 Å². The zero-order chi connectivity index (χ0) is 18.3. The van der Waals surface area contributed by atoms with Gasteiger partial charge in [0.25, 0.3) is 5.91 Å². The Morgan fingerprint density at radius 1 is 1.12 bits per heavy atom. The quantitative estimate of drug-likeness (QED) is 0.893. The first-order valence-corrected chi connectivity index (χ1v) is 8.43. The lowest BCUT2D eigenvalue weighted by atomic mass is 9.93. The molecule has 2 aromatic carbocycles. The highest BCUT2D eigenvalue weighted by Crippen LogP contribution is 2.34. The molecular weight excluding hydrogens is 333 g/mol. The van der Waals surface area contributed by atoms with Crippen molar-refractivity contribution >= 4 is 11.9 Å². The van der Waals surface area contributed by atoms with Crippen LogP contribution in [0.5, 0.6) is 0 Å². The van der Waals surface area contributed by atoms with E-state index in [1.807, 2.05) is 31.2 Å². The lowest BCUT2D eigenvalue weighted by Gasteiger charge is -2.26. The Balaban J connectivity index is 1.64. The molecule has 2 aromatic rings. The summed E-state index contributed by atoms with van der Waals surface area (Å²) in [6, 6.07) is 13.0. The van der Waals surface area contributed by atoms with Gasteiger partial charge < -0.3 is 15.5 Å². The number of amides is 3. The van der Waals surface area contributed by atoms with Gasteiger partial charge in [-0.1, -0.05) is 36.4 Å². The van der Waals surface area contributed by atoms with Crippen molar-refractivity contribution in [1.82, 2.24) is 15.5 Å². The largest absolute Gasteiger partial charge is 0.329 e. The number of hydrogen-bond acceptors (Lipinski definition) is 2. The van der Waals surface area contributed by atoms with E-state index in [0.29, 0.717) is 24.4 Å². The number of hydrogen-bond donors (Lipinski definition) is 2. The maximum Gasteiger partial charge on any atom is 0.319 e. The summed E-state index contributed by atoms with van der Waals surface area (Å²) in [5.74, 6) is -0.430. The number of rotatable bonds is 3. The molecule has 4 rings (SSSR count). The van der Waals surface area contributed by atoms with E-state index in [1.54, 1.807) is 17.0 Å². The topological polar surface area (TPSA) is 61.4 Å². The molecule has 0 saturated heterocycles. The van der Waals surface area contributed by atoms with E-state index in [4.69, 9.17) is 0 Å². The maximum absolute atomic E-state index is 13.1. The zero-order valence-corrected chi connectivity index (χ0v) is 14.3. The molecule has 0 saturated carbocycles. The van der Waals surface area contributed by atoms with Gasteiger partial charge in [-0.3, -0.25) is 4.79 Å². The Morgan fingerprint density at radius 2 is 1.85 bits per heavy atom. The second-order valence-electron chi connectivity index (χ2n) is 6.57. The van der Waals surface area contributed by atoms with E-state index in [1.165, 1.54) is 12.1 Å².